The first-order chi connectivity index (χ1) is 9.08. The lowest BCUT2D eigenvalue weighted by atomic mass is 10.1. The number of para-hydroxylation sites is 2. The Labute approximate surface area is 123 Å². The van der Waals surface area contributed by atoms with E-state index in [0.717, 1.165) is 5.56 Å². The minimum Gasteiger partial charge on any atom is -0.349 e. The van der Waals surface area contributed by atoms with Gasteiger partial charge in [-0.25, -0.2) is 0 Å². The summed E-state index contributed by atoms with van der Waals surface area (Å²) < 4.78 is 0. The first-order valence-electron chi connectivity index (χ1n) is 6.08. The van der Waals surface area contributed by atoms with Crippen LogP contribution in [0.2, 0.25) is 10.0 Å². The zero-order chi connectivity index (χ0) is 13.6. The van der Waals surface area contributed by atoms with E-state index in [1.54, 1.807) is 6.07 Å². The number of nitrogens with zero attached hydrogens (tertiary/aromatic N) is 2. The van der Waals surface area contributed by atoms with Crippen LogP contribution in [0.25, 0.3) is 0 Å². The molecule has 0 saturated carbocycles. The Kier molecular flexibility index (Phi) is 3.08. The molecule has 0 fully saturated rings. The van der Waals surface area contributed by atoms with Crippen LogP contribution in [-0.2, 0) is 0 Å². The summed E-state index contributed by atoms with van der Waals surface area (Å²) in [5.74, 6) is 0. The van der Waals surface area contributed by atoms with Crippen molar-refractivity contribution in [3.8, 4) is 0 Å². The maximum atomic E-state index is 6.11. The van der Waals surface area contributed by atoms with E-state index in [-0.39, 0.29) is 6.17 Å². The monoisotopic (exact) mass is 292 g/mol. The van der Waals surface area contributed by atoms with Crippen molar-refractivity contribution < 1.29 is 0 Å². The van der Waals surface area contributed by atoms with Crippen molar-refractivity contribution in [2.75, 3.05) is 23.9 Å². The van der Waals surface area contributed by atoms with Gasteiger partial charge in [0.1, 0.15) is 6.17 Å². The zero-order valence-corrected chi connectivity index (χ0v) is 12.3. The summed E-state index contributed by atoms with van der Waals surface area (Å²) in [6.07, 6.45) is 0.119. The molecule has 98 valence electrons. The van der Waals surface area contributed by atoms with Crippen molar-refractivity contribution in [2.24, 2.45) is 0 Å². The quantitative estimate of drug-likeness (QED) is 0.759. The fraction of sp³-hybridized carbons (Fsp3) is 0.200. The molecule has 1 aliphatic heterocycles. The van der Waals surface area contributed by atoms with Gasteiger partial charge in [-0.1, -0.05) is 35.3 Å². The first-order valence-corrected chi connectivity index (χ1v) is 6.84. The van der Waals surface area contributed by atoms with E-state index < -0.39 is 0 Å². The Morgan fingerprint density at radius 3 is 1.79 bits per heavy atom. The number of fused-ring (bicyclic) bond motifs is 1. The fourth-order valence-corrected chi connectivity index (χ4v) is 3.30. The maximum Gasteiger partial charge on any atom is 0.128 e. The second kappa shape index (κ2) is 4.62. The first kappa shape index (κ1) is 12.6. The Hall–Kier alpha value is -1.38. The second-order valence-corrected chi connectivity index (χ2v) is 5.66. The van der Waals surface area contributed by atoms with Gasteiger partial charge in [0.15, 0.2) is 0 Å². The van der Waals surface area contributed by atoms with Gasteiger partial charge in [-0.2, -0.15) is 0 Å². The molecule has 2 nitrogen and oxygen atoms in total. The highest BCUT2D eigenvalue weighted by atomic mass is 35.5. The highest BCUT2D eigenvalue weighted by Gasteiger charge is 2.32. The summed E-state index contributed by atoms with van der Waals surface area (Å²) in [5, 5.41) is 1.33. The molecule has 0 aliphatic carbocycles. The van der Waals surface area contributed by atoms with E-state index in [9.17, 15) is 0 Å². The van der Waals surface area contributed by atoms with Crippen LogP contribution >= 0.6 is 23.2 Å². The van der Waals surface area contributed by atoms with E-state index in [2.05, 4.69) is 48.2 Å². The average Bonchev–Trinajstić information content (AvgIpc) is 2.61. The summed E-state index contributed by atoms with van der Waals surface area (Å²) in [5.41, 5.74) is 3.52. The van der Waals surface area contributed by atoms with Crippen LogP contribution in [-0.4, -0.2) is 14.1 Å². The van der Waals surface area contributed by atoms with Gasteiger partial charge in [0, 0.05) is 24.1 Å². The lowest BCUT2D eigenvalue weighted by molar-refractivity contribution is 0.694. The standard InChI is InChI=1S/C15H14Cl2N2/c1-18-13-5-3-4-6-14(13)19(2)15(18)10-7-11(16)9-12(17)8-10/h3-9,15H,1-2H3. The fourth-order valence-electron chi connectivity index (χ4n) is 2.76. The molecule has 0 amide bonds. The molecule has 1 aliphatic rings. The second-order valence-electron chi connectivity index (χ2n) is 4.79. The van der Waals surface area contributed by atoms with Gasteiger partial charge >= 0.3 is 0 Å². The van der Waals surface area contributed by atoms with Crippen LogP contribution in [0.4, 0.5) is 11.4 Å². The number of benzene rings is 2. The van der Waals surface area contributed by atoms with Gasteiger partial charge in [0.2, 0.25) is 0 Å². The van der Waals surface area contributed by atoms with Crippen LogP contribution in [0.15, 0.2) is 42.5 Å². The van der Waals surface area contributed by atoms with Gasteiger partial charge < -0.3 is 9.80 Å². The molecule has 4 heteroatoms. The van der Waals surface area contributed by atoms with Gasteiger partial charge in [-0.05, 0) is 35.9 Å². The molecular formula is C15H14Cl2N2. The largest absolute Gasteiger partial charge is 0.349 e. The topological polar surface area (TPSA) is 6.48 Å². The summed E-state index contributed by atoms with van der Waals surface area (Å²) >= 11 is 12.2. The molecule has 0 N–H and O–H groups in total. The normalized spacial score (nSPS) is 14.9. The lowest BCUT2D eigenvalue weighted by Crippen LogP contribution is -2.30. The molecule has 2 aromatic carbocycles. The molecular weight excluding hydrogens is 279 g/mol. The minimum absolute atomic E-state index is 0.119. The molecule has 0 unspecified atom stereocenters. The average molecular weight is 293 g/mol. The number of hydrogen-bond acceptors (Lipinski definition) is 2. The summed E-state index contributed by atoms with van der Waals surface area (Å²) in [4.78, 5) is 4.47. The van der Waals surface area contributed by atoms with E-state index in [0.29, 0.717) is 10.0 Å². The van der Waals surface area contributed by atoms with Crippen molar-refractivity contribution in [1.82, 2.24) is 0 Å². The number of halogens is 2. The van der Waals surface area contributed by atoms with Gasteiger partial charge in [-0.3, -0.25) is 0 Å². The Morgan fingerprint density at radius 1 is 0.842 bits per heavy atom. The van der Waals surface area contributed by atoms with Crippen LogP contribution in [0.5, 0.6) is 0 Å². The minimum atomic E-state index is 0.119. The molecule has 0 aromatic heterocycles. The zero-order valence-electron chi connectivity index (χ0n) is 10.8. The molecule has 0 bridgehead atoms. The predicted molar refractivity (Wildman–Crippen MR) is 82.5 cm³/mol. The maximum absolute atomic E-state index is 6.11. The molecule has 0 spiro atoms. The molecule has 0 saturated heterocycles. The van der Waals surface area contributed by atoms with Crippen molar-refractivity contribution in [2.45, 2.75) is 6.17 Å². The van der Waals surface area contributed by atoms with Crippen molar-refractivity contribution in [3.05, 3.63) is 58.1 Å². The highest BCUT2D eigenvalue weighted by Crippen LogP contribution is 2.44. The number of anilines is 2. The van der Waals surface area contributed by atoms with E-state index in [4.69, 9.17) is 23.2 Å². The van der Waals surface area contributed by atoms with E-state index in [1.807, 2.05) is 12.1 Å². The van der Waals surface area contributed by atoms with Gasteiger partial charge in [0.05, 0.1) is 11.4 Å². The molecule has 19 heavy (non-hydrogen) atoms. The molecule has 1 heterocycles. The summed E-state index contributed by atoms with van der Waals surface area (Å²) in [7, 11) is 4.17. The molecule has 0 radical (unpaired) electrons. The molecule has 2 aromatic rings. The van der Waals surface area contributed by atoms with Gasteiger partial charge in [0.25, 0.3) is 0 Å². The van der Waals surface area contributed by atoms with Crippen molar-refractivity contribution in [3.63, 3.8) is 0 Å². The third-order valence-corrected chi connectivity index (χ3v) is 3.99. The Balaban J connectivity index is 2.08. The Bertz CT molecular complexity index is 578. The number of rotatable bonds is 1. The molecule has 0 atom stereocenters. The predicted octanol–water partition coefficient (Wildman–Crippen LogP) is 4.58. The lowest BCUT2D eigenvalue weighted by Gasteiger charge is -2.28. The third-order valence-electron chi connectivity index (χ3n) is 3.56. The number of hydrogen-bond donors (Lipinski definition) is 0. The smallest absolute Gasteiger partial charge is 0.128 e. The SMILES string of the molecule is CN1c2ccccc2N(C)C1c1cc(Cl)cc(Cl)c1. The van der Waals surface area contributed by atoms with Gasteiger partial charge in [-0.15, -0.1) is 0 Å². The Morgan fingerprint density at radius 2 is 1.32 bits per heavy atom. The molecule has 3 rings (SSSR count). The van der Waals surface area contributed by atoms with Crippen LogP contribution in [0.3, 0.4) is 0 Å². The van der Waals surface area contributed by atoms with E-state index in [1.165, 1.54) is 11.4 Å². The third kappa shape index (κ3) is 2.05. The van der Waals surface area contributed by atoms with Crippen LogP contribution < -0.4 is 9.80 Å². The summed E-state index contributed by atoms with van der Waals surface area (Å²) in [6, 6.07) is 14.0. The highest BCUT2D eigenvalue weighted by molar-refractivity contribution is 6.34. The van der Waals surface area contributed by atoms with Crippen LogP contribution in [0.1, 0.15) is 11.7 Å². The summed E-state index contributed by atoms with van der Waals surface area (Å²) in [6.45, 7) is 0. The van der Waals surface area contributed by atoms with Crippen molar-refractivity contribution >= 4 is 34.6 Å². The van der Waals surface area contributed by atoms with Crippen LogP contribution in [0, 0.1) is 0 Å². The van der Waals surface area contributed by atoms with Crippen molar-refractivity contribution in [1.29, 1.82) is 0 Å². The van der Waals surface area contributed by atoms with E-state index >= 15 is 0 Å².